The second-order valence-electron chi connectivity index (χ2n) is 6.16. The summed E-state index contributed by atoms with van der Waals surface area (Å²) in [5, 5.41) is 28.4. The summed E-state index contributed by atoms with van der Waals surface area (Å²) in [7, 11) is 0. The molecule has 0 bridgehead atoms. The first-order chi connectivity index (χ1) is 11.9. The molecule has 25 heavy (non-hydrogen) atoms. The van der Waals surface area contributed by atoms with Crippen LogP contribution in [0.15, 0.2) is 35.1 Å². The van der Waals surface area contributed by atoms with E-state index < -0.39 is 23.7 Å². The van der Waals surface area contributed by atoms with E-state index in [4.69, 9.17) is 5.11 Å². The van der Waals surface area contributed by atoms with Crippen molar-refractivity contribution >= 4 is 11.7 Å². The molecule has 0 amide bonds. The van der Waals surface area contributed by atoms with Crippen molar-refractivity contribution in [2.24, 2.45) is 0 Å². The first-order valence-electron chi connectivity index (χ1n) is 8.11. The predicted molar refractivity (Wildman–Crippen MR) is 93.1 cm³/mol. The number of carboxylic acids is 1. The lowest BCUT2D eigenvalue weighted by Crippen LogP contribution is -2.22. The number of benzene rings is 1. The highest BCUT2D eigenvalue weighted by Gasteiger charge is 2.29. The van der Waals surface area contributed by atoms with Crippen LogP contribution in [-0.2, 0) is 6.42 Å². The van der Waals surface area contributed by atoms with Gasteiger partial charge in [0.1, 0.15) is 5.56 Å². The number of nitrogens with zero attached hydrogens (tertiary/aromatic N) is 1. The lowest BCUT2D eigenvalue weighted by molar-refractivity contribution is 0.0572. The highest BCUT2D eigenvalue weighted by atomic mass is 16.4. The summed E-state index contributed by atoms with van der Waals surface area (Å²) in [4.78, 5) is 27.6. The third kappa shape index (κ3) is 3.29. The number of H-pyrrole nitrogens is 1. The number of nitrogens with one attached hydrogen (secondary N) is 1. The molecule has 1 saturated heterocycles. The number of carbonyl (C=O) groups is 1. The molecule has 1 aliphatic rings. The number of anilines is 1. The maximum atomic E-state index is 12.0. The maximum Gasteiger partial charge on any atom is 0.341 e. The molecule has 1 aromatic heterocycles. The van der Waals surface area contributed by atoms with Gasteiger partial charge in [-0.25, -0.2) is 4.79 Å². The quantitative estimate of drug-likeness (QED) is 0.654. The zero-order valence-electron chi connectivity index (χ0n) is 13.8. The Morgan fingerprint density at radius 1 is 1.20 bits per heavy atom. The van der Waals surface area contributed by atoms with Gasteiger partial charge in [-0.05, 0) is 35.7 Å². The molecule has 1 fully saturated rings. The van der Waals surface area contributed by atoms with Gasteiger partial charge in [-0.3, -0.25) is 4.79 Å². The van der Waals surface area contributed by atoms with Crippen LogP contribution in [0.2, 0.25) is 0 Å². The summed E-state index contributed by atoms with van der Waals surface area (Å²) in [5.41, 5.74) is 2.09. The number of aromatic nitrogens is 1. The van der Waals surface area contributed by atoms with E-state index >= 15 is 0 Å². The smallest absolute Gasteiger partial charge is 0.341 e. The van der Waals surface area contributed by atoms with Gasteiger partial charge < -0.3 is 25.2 Å². The summed E-state index contributed by atoms with van der Waals surface area (Å²) in [6.45, 7) is 2.62. The van der Waals surface area contributed by atoms with Crippen LogP contribution >= 0.6 is 0 Å². The number of aliphatic hydroxyl groups excluding tert-OH is 2. The van der Waals surface area contributed by atoms with Gasteiger partial charge in [0.25, 0.3) is 5.56 Å². The number of rotatable bonds is 4. The SMILES string of the molecule is CCc1cc(C(=O)O)c(=O)[nH]c1-c1ccc(N2C[C@@H](O)[C@@H](O)C2)cc1. The first-order valence-corrected chi connectivity index (χ1v) is 8.11. The molecule has 2 aromatic rings. The molecule has 132 valence electrons. The number of pyridine rings is 1. The Bertz CT molecular complexity index is 834. The van der Waals surface area contributed by atoms with Crippen molar-refractivity contribution in [3.8, 4) is 11.3 Å². The minimum Gasteiger partial charge on any atom is -0.477 e. The van der Waals surface area contributed by atoms with E-state index in [2.05, 4.69) is 4.98 Å². The average Bonchev–Trinajstić information content (AvgIpc) is 2.93. The Labute approximate surface area is 144 Å². The minimum absolute atomic E-state index is 0.266. The Morgan fingerprint density at radius 2 is 1.80 bits per heavy atom. The fourth-order valence-corrected chi connectivity index (χ4v) is 3.09. The van der Waals surface area contributed by atoms with E-state index in [1.807, 2.05) is 36.1 Å². The molecule has 2 heterocycles. The number of hydrogen-bond acceptors (Lipinski definition) is 5. The number of aromatic amines is 1. The molecule has 0 aliphatic carbocycles. The van der Waals surface area contributed by atoms with E-state index in [0.717, 1.165) is 16.8 Å². The van der Waals surface area contributed by atoms with Gasteiger partial charge in [-0.2, -0.15) is 0 Å². The van der Waals surface area contributed by atoms with Crippen molar-refractivity contribution in [2.45, 2.75) is 25.6 Å². The molecule has 3 rings (SSSR count). The molecule has 7 nitrogen and oxygen atoms in total. The predicted octanol–water partition coefficient (Wildman–Crippen LogP) is 0.844. The van der Waals surface area contributed by atoms with Crippen LogP contribution in [0.4, 0.5) is 5.69 Å². The van der Waals surface area contributed by atoms with Gasteiger partial charge in [-0.15, -0.1) is 0 Å². The molecular formula is C18H20N2O5. The van der Waals surface area contributed by atoms with Crippen LogP contribution in [0.1, 0.15) is 22.8 Å². The molecule has 4 N–H and O–H groups in total. The van der Waals surface area contributed by atoms with Crippen molar-refractivity contribution < 1.29 is 20.1 Å². The summed E-state index contributed by atoms with van der Waals surface area (Å²) < 4.78 is 0. The van der Waals surface area contributed by atoms with Crippen molar-refractivity contribution in [2.75, 3.05) is 18.0 Å². The summed E-state index contributed by atoms with van der Waals surface area (Å²) in [6, 6.07) is 8.78. The number of hydrogen-bond donors (Lipinski definition) is 4. The molecule has 7 heteroatoms. The lowest BCUT2D eigenvalue weighted by Gasteiger charge is -2.18. The van der Waals surface area contributed by atoms with E-state index in [9.17, 15) is 19.8 Å². The van der Waals surface area contributed by atoms with E-state index in [-0.39, 0.29) is 5.56 Å². The van der Waals surface area contributed by atoms with Gasteiger partial charge >= 0.3 is 5.97 Å². The molecule has 0 radical (unpaired) electrons. The number of carboxylic acid groups (broad SMARTS) is 1. The van der Waals surface area contributed by atoms with Crippen molar-refractivity contribution in [3.63, 3.8) is 0 Å². The largest absolute Gasteiger partial charge is 0.477 e. The molecule has 0 unspecified atom stereocenters. The van der Waals surface area contributed by atoms with Gasteiger partial charge in [-0.1, -0.05) is 19.1 Å². The fourth-order valence-electron chi connectivity index (χ4n) is 3.09. The van der Waals surface area contributed by atoms with Crippen LogP contribution in [0, 0.1) is 0 Å². The van der Waals surface area contributed by atoms with E-state index in [1.54, 1.807) is 0 Å². The standard InChI is InChI=1S/C18H20N2O5/c1-2-10-7-13(18(24)25)17(23)19-16(10)11-3-5-12(6-4-11)20-8-14(21)15(22)9-20/h3-7,14-15,21-22H,2,8-9H2,1H3,(H,19,23)(H,24,25)/t14-,15+. The number of β-amino-alcohol motifs (C(OH)–C–C–N with tert-alkyl or cyclic N) is 2. The first kappa shape index (κ1) is 17.2. The second-order valence-corrected chi connectivity index (χ2v) is 6.16. The highest BCUT2D eigenvalue weighted by Crippen LogP contribution is 2.26. The Balaban J connectivity index is 1.94. The molecule has 1 aliphatic heterocycles. The third-order valence-electron chi connectivity index (χ3n) is 4.51. The molecule has 1 aromatic carbocycles. The monoisotopic (exact) mass is 344 g/mol. The Kier molecular flexibility index (Phi) is 4.61. The second kappa shape index (κ2) is 6.70. The van der Waals surface area contributed by atoms with Crippen molar-refractivity contribution in [3.05, 3.63) is 51.8 Å². The van der Waals surface area contributed by atoms with Crippen LogP contribution < -0.4 is 10.5 Å². The van der Waals surface area contributed by atoms with Gasteiger partial charge in [0.15, 0.2) is 0 Å². The molecular weight excluding hydrogens is 324 g/mol. The topological polar surface area (TPSA) is 114 Å². The number of aromatic carboxylic acids is 1. The Hall–Kier alpha value is -2.64. The minimum atomic E-state index is -1.25. The number of aryl methyl sites for hydroxylation is 1. The van der Waals surface area contributed by atoms with Crippen LogP contribution in [-0.4, -0.2) is 51.6 Å². The van der Waals surface area contributed by atoms with Crippen LogP contribution in [0.5, 0.6) is 0 Å². The molecule has 0 saturated carbocycles. The van der Waals surface area contributed by atoms with Crippen LogP contribution in [0.3, 0.4) is 0 Å². The highest BCUT2D eigenvalue weighted by molar-refractivity contribution is 5.88. The number of aliphatic hydroxyl groups is 2. The summed E-state index contributed by atoms with van der Waals surface area (Å²) in [6.07, 6.45) is -0.934. The zero-order valence-corrected chi connectivity index (χ0v) is 13.8. The van der Waals surface area contributed by atoms with Gasteiger partial charge in [0.05, 0.1) is 17.9 Å². The van der Waals surface area contributed by atoms with Crippen molar-refractivity contribution in [1.82, 2.24) is 4.98 Å². The zero-order chi connectivity index (χ0) is 18.1. The normalized spacial score (nSPS) is 20.0. The van der Waals surface area contributed by atoms with E-state index in [0.29, 0.717) is 25.2 Å². The fraction of sp³-hybridized carbons (Fsp3) is 0.333. The van der Waals surface area contributed by atoms with Gasteiger partial charge in [0, 0.05) is 18.8 Å². The average molecular weight is 344 g/mol. The maximum absolute atomic E-state index is 12.0. The molecule has 0 spiro atoms. The van der Waals surface area contributed by atoms with Gasteiger partial charge in [0.2, 0.25) is 0 Å². The third-order valence-corrected chi connectivity index (χ3v) is 4.51. The molecule has 2 atom stereocenters. The Morgan fingerprint density at radius 3 is 2.32 bits per heavy atom. The lowest BCUT2D eigenvalue weighted by atomic mass is 10.0. The van der Waals surface area contributed by atoms with E-state index in [1.165, 1.54) is 6.07 Å². The summed E-state index contributed by atoms with van der Waals surface area (Å²) >= 11 is 0. The van der Waals surface area contributed by atoms with Crippen molar-refractivity contribution in [1.29, 1.82) is 0 Å². The summed E-state index contributed by atoms with van der Waals surface area (Å²) in [5.74, 6) is -1.25. The van der Waals surface area contributed by atoms with Crippen LogP contribution in [0.25, 0.3) is 11.3 Å².